The van der Waals surface area contributed by atoms with Crippen LogP contribution in [0.5, 0.6) is 0 Å². The second-order valence-electron chi connectivity index (χ2n) is 5.78. The number of nitrogens with two attached hydrogens (primary N) is 1. The van der Waals surface area contributed by atoms with Crippen molar-refractivity contribution >= 4 is 23.0 Å². The van der Waals surface area contributed by atoms with E-state index in [1.165, 1.54) is 6.33 Å². The Morgan fingerprint density at radius 3 is 2.70 bits per heavy atom. The third-order valence-electron chi connectivity index (χ3n) is 3.70. The molecule has 3 rings (SSSR count). The fraction of sp³-hybridized carbons (Fsp3) is 0.647. The molecule has 0 amide bonds. The van der Waals surface area contributed by atoms with Crippen LogP contribution in [0.2, 0.25) is 0 Å². The topological polar surface area (TPSA) is 125 Å². The van der Waals surface area contributed by atoms with E-state index < -0.39 is 6.08 Å². The van der Waals surface area contributed by atoms with Crippen LogP contribution in [0.1, 0.15) is 46.8 Å². The van der Waals surface area contributed by atoms with Gasteiger partial charge in [0.1, 0.15) is 12.8 Å². The van der Waals surface area contributed by atoms with Crippen LogP contribution < -0.4 is 5.73 Å². The van der Waals surface area contributed by atoms with Crippen LogP contribution in [0.3, 0.4) is 0 Å². The van der Waals surface area contributed by atoms with Gasteiger partial charge < -0.3 is 20.3 Å². The Morgan fingerprint density at radius 2 is 2.07 bits per heavy atom. The lowest BCUT2D eigenvalue weighted by Gasteiger charge is -2.16. The van der Waals surface area contributed by atoms with Gasteiger partial charge in [-0.15, -0.1) is 0 Å². The van der Waals surface area contributed by atoms with E-state index in [0.29, 0.717) is 17.6 Å². The van der Waals surface area contributed by atoms with Crippen LogP contribution in [0, 0.1) is 12.0 Å². The predicted molar refractivity (Wildman–Crippen MR) is 98.1 cm³/mol. The molecule has 3 N–H and O–H groups in total. The summed E-state index contributed by atoms with van der Waals surface area (Å²) in [6, 6.07) is 0. The average molecular weight is 385 g/mol. The highest BCUT2D eigenvalue weighted by molar-refractivity contribution is 5.81. The predicted octanol–water partition coefficient (Wildman–Crippen LogP) is 2.06. The molecule has 3 heterocycles. The maximum absolute atomic E-state index is 13.4. The first-order valence-electron chi connectivity index (χ1n) is 8.88. The zero-order valence-electron chi connectivity index (χ0n) is 16.3. The molecule has 0 aliphatic carbocycles. The number of nitrogens with zero attached hydrogens (tertiary/aromatic N) is 4. The number of ether oxygens (including phenoxy) is 2. The zero-order chi connectivity index (χ0) is 20.6. The number of anilines is 1. The van der Waals surface area contributed by atoms with Crippen molar-refractivity contribution in [2.24, 2.45) is 5.92 Å². The van der Waals surface area contributed by atoms with Crippen molar-refractivity contribution in [3.8, 4) is 0 Å². The Kier molecular flexibility index (Phi) is 9.03. The Morgan fingerprint density at radius 1 is 1.41 bits per heavy atom. The number of carbonyl (C=O) groups excluding carboxylic acids is 1. The molecule has 1 saturated heterocycles. The molecule has 152 valence electrons. The van der Waals surface area contributed by atoms with Crippen LogP contribution in [0.4, 0.5) is 10.2 Å². The summed E-state index contributed by atoms with van der Waals surface area (Å²) in [5.74, 6) is -0.438. The molecule has 0 spiro atoms. The molecular formula is C17H28FN5O4. The first kappa shape index (κ1) is 22.7. The number of fused-ring (bicyclic) bond motifs is 1. The van der Waals surface area contributed by atoms with E-state index in [-0.39, 0.29) is 36.6 Å². The molecule has 9 nitrogen and oxygen atoms in total. The van der Waals surface area contributed by atoms with Gasteiger partial charge in [0.05, 0.1) is 18.3 Å². The largest absolute Gasteiger partial charge is 0.463 e. The summed E-state index contributed by atoms with van der Waals surface area (Å²) in [4.78, 5) is 22.8. The lowest BCUT2D eigenvalue weighted by atomic mass is 10.2. The van der Waals surface area contributed by atoms with Gasteiger partial charge in [0, 0.05) is 7.11 Å². The molecule has 0 saturated carbocycles. The van der Waals surface area contributed by atoms with Gasteiger partial charge in [0.25, 0.3) is 0 Å². The lowest BCUT2D eigenvalue weighted by Crippen LogP contribution is -2.21. The molecule has 2 unspecified atom stereocenters. The molecule has 1 aliphatic rings. The Balaban J connectivity index is 0.000000855. The first-order chi connectivity index (χ1) is 13.0. The highest BCUT2D eigenvalue weighted by atomic mass is 19.1. The molecule has 27 heavy (non-hydrogen) atoms. The second kappa shape index (κ2) is 10.7. The molecular weight excluding hydrogens is 357 g/mol. The maximum Gasteiger partial charge on any atom is 0.312 e. The Labute approximate surface area is 157 Å². The SMILES string of the molecule is CC.CC(C)C(=O)OCC1CCC(n2cnc3c(N)nc(F)nc32)O1.CO. The summed E-state index contributed by atoms with van der Waals surface area (Å²) >= 11 is 0. The molecule has 2 aromatic rings. The van der Waals surface area contributed by atoms with Crippen molar-refractivity contribution in [1.82, 2.24) is 19.5 Å². The number of carbonyl (C=O) groups is 1. The van der Waals surface area contributed by atoms with Crippen LogP contribution in [-0.4, -0.2) is 50.4 Å². The summed E-state index contributed by atoms with van der Waals surface area (Å²) in [7, 11) is 1.00. The van der Waals surface area contributed by atoms with Gasteiger partial charge in [0.2, 0.25) is 0 Å². The fourth-order valence-electron chi connectivity index (χ4n) is 2.48. The van der Waals surface area contributed by atoms with Gasteiger partial charge >= 0.3 is 12.0 Å². The lowest BCUT2D eigenvalue weighted by molar-refractivity contribution is -0.152. The second-order valence-corrected chi connectivity index (χ2v) is 5.78. The molecule has 10 heteroatoms. The highest BCUT2D eigenvalue weighted by Gasteiger charge is 2.29. The minimum Gasteiger partial charge on any atom is -0.463 e. The summed E-state index contributed by atoms with van der Waals surface area (Å²) in [5.41, 5.74) is 6.27. The van der Waals surface area contributed by atoms with Crippen LogP contribution in [0.15, 0.2) is 6.33 Å². The first-order valence-corrected chi connectivity index (χ1v) is 8.88. The third kappa shape index (κ3) is 5.57. The normalized spacial score (nSPS) is 18.5. The molecule has 0 bridgehead atoms. The monoisotopic (exact) mass is 385 g/mol. The van der Waals surface area contributed by atoms with E-state index in [2.05, 4.69) is 15.0 Å². The van der Waals surface area contributed by atoms with Crippen LogP contribution >= 0.6 is 0 Å². The molecule has 0 aromatic carbocycles. The van der Waals surface area contributed by atoms with Gasteiger partial charge in [-0.05, 0) is 12.8 Å². The smallest absolute Gasteiger partial charge is 0.312 e. The number of hydrogen-bond acceptors (Lipinski definition) is 8. The number of rotatable bonds is 4. The van der Waals surface area contributed by atoms with E-state index in [4.69, 9.17) is 20.3 Å². The number of aliphatic hydroxyl groups is 1. The average Bonchev–Trinajstić information content (AvgIpc) is 3.29. The quantitative estimate of drug-likeness (QED) is 0.605. The number of hydrogen-bond donors (Lipinski definition) is 2. The minimum absolute atomic E-state index is 0.00772. The molecule has 0 radical (unpaired) electrons. The number of aliphatic hydroxyl groups excluding tert-OH is 1. The van der Waals surface area contributed by atoms with E-state index in [0.717, 1.165) is 13.5 Å². The van der Waals surface area contributed by atoms with E-state index in [9.17, 15) is 9.18 Å². The molecule has 1 fully saturated rings. The summed E-state index contributed by atoms with van der Waals surface area (Å²) in [6.07, 6.45) is 1.44. The van der Waals surface area contributed by atoms with Crippen molar-refractivity contribution in [2.75, 3.05) is 19.5 Å². The summed E-state index contributed by atoms with van der Waals surface area (Å²) in [5, 5.41) is 7.00. The standard InChI is InChI=1S/C14H18FN5O3.C2H6.CH4O/c1-7(2)13(21)22-5-8-3-4-9(23-8)20-6-17-10-11(16)18-14(15)19-12(10)20;2*1-2/h6-9H,3-5H2,1-2H3,(H2,16,18,19);1-2H3;2H,1H3. The Hall–Kier alpha value is -2.33. The van der Waals surface area contributed by atoms with E-state index >= 15 is 0 Å². The minimum atomic E-state index is -0.905. The van der Waals surface area contributed by atoms with Gasteiger partial charge in [-0.3, -0.25) is 9.36 Å². The molecule has 2 atom stereocenters. The van der Waals surface area contributed by atoms with Crippen molar-refractivity contribution in [3.05, 3.63) is 12.4 Å². The van der Waals surface area contributed by atoms with Gasteiger partial charge in [0.15, 0.2) is 17.0 Å². The van der Waals surface area contributed by atoms with Gasteiger partial charge in [-0.25, -0.2) is 4.98 Å². The zero-order valence-corrected chi connectivity index (χ0v) is 16.3. The van der Waals surface area contributed by atoms with Gasteiger partial charge in [-0.1, -0.05) is 27.7 Å². The Bertz CT molecular complexity index is 737. The number of imidazole rings is 1. The van der Waals surface area contributed by atoms with Crippen molar-refractivity contribution in [1.29, 1.82) is 0 Å². The van der Waals surface area contributed by atoms with E-state index in [1.807, 2.05) is 13.8 Å². The van der Waals surface area contributed by atoms with E-state index in [1.54, 1.807) is 18.4 Å². The maximum atomic E-state index is 13.4. The highest BCUT2D eigenvalue weighted by Crippen LogP contribution is 2.31. The summed E-state index contributed by atoms with van der Waals surface area (Å²) < 4.78 is 26.0. The third-order valence-corrected chi connectivity index (χ3v) is 3.70. The van der Waals surface area contributed by atoms with Crippen molar-refractivity contribution in [3.63, 3.8) is 0 Å². The van der Waals surface area contributed by atoms with Crippen molar-refractivity contribution in [2.45, 2.75) is 52.9 Å². The van der Waals surface area contributed by atoms with Crippen LogP contribution in [0.25, 0.3) is 11.2 Å². The van der Waals surface area contributed by atoms with Gasteiger partial charge in [-0.2, -0.15) is 14.4 Å². The fourth-order valence-corrected chi connectivity index (χ4v) is 2.48. The number of halogens is 1. The number of esters is 1. The number of aromatic nitrogens is 4. The molecule has 1 aliphatic heterocycles. The van der Waals surface area contributed by atoms with Crippen molar-refractivity contribution < 1.29 is 23.8 Å². The number of nitrogen functional groups attached to an aromatic ring is 1. The molecule has 2 aromatic heterocycles. The van der Waals surface area contributed by atoms with Crippen LogP contribution in [-0.2, 0) is 14.3 Å². The summed E-state index contributed by atoms with van der Waals surface area (Å²) in [6.45, 7) is 7.75.